The van der Waals surface area contributed by atoms with Gasteiger partial charge in [0.25, 0.3) is 0 Å². The van der Waals surface area contributed by atoms with Crippen LogP contribution < -0.4 is 5.32 Å². The van der Waals surface area contributed by atoms with Crippen LogP contribution in [0.5, 0.6) is 0 Å². The van der Waals surface area contributed by atoms with Crippen LogP contribution in [0, 0.1) is 0 Å². The Hall–Kier alpha value is -0.990. The molecule has 0 rings (SSSR count). The summed E-state index contributed by atoms with van der Waals surface area (Å²) in [4.78, 5) is 10.7. The van der Waals surface area contributed by atoms with Crippen molar-refractivity contribution >= 4 is 6.09 Å². The fraction of sp³-hybridized carbons (Fsp3) is 0.667. The first-order chi connectivity index (χ1) is 5.81. The minimum atomic E-state index is -0.415. The maximum atomic E-state index is 10.7. The topological polar surface area (TPSA) is 38.3 Å². The molecule has 0 spiro atoms. The molecule has 70 valence electrons. The fourth-order valence-electron chi connectivity index (χ4n) is 0.819. The first-order valence-corrected chi connectivity index (χ1v) is 4.35. The Labute approximate surface area is 73.8 Å². The fourth-order valence-corrected chi connectivity index (χ4v) is 0.819. The van der Waals surface area contributed by atoms with Gasteiger partial charge in [-0.3, -0.25) is 5.32 Å². The summed E-state index contributed by atoms with van der Waals surface area (Å²) in [5.74, 6) is 0. The standard InChI is InChI=1S/C9H17NO2/c1-3-5-6-7-8-12-9(11)10-4-2/h4H,2-3,5-8H2,1H3,(H,10,11). The van der Waals surface area contributed by atoms with Crippen molar-refractivity contribution < 1.29 is 9.53 Å². The van der Waals surface area contributed by atoms with Crippen LogP contribution in [0.3, 0.4) is 0 Å². The van der Waals surface area contributed by atoms with Crippen LogP contribution in [0.25, 0.3) is 0 Å². The molecule has 0 saturated heterocycles. The second-order valence-corrected chi connectivity index (χ2v) is 2.55. The maximum absolute atomic E-state index is 10.7. The summed E-state index contributed by atoms with van der Waals surface area (Å²) in [5, 5.41) is 2.34. The lowest BCUT2D eigenvalue weighted by Gasteiger charge is -2.02. The van der Waals surface area contributed by atoms with Crippen molar-refractivity contribution in [3.63, 3.8) is 0 Å². The number of alkyl carbamates (subject to hydrolysis) is 1. The quantitative estimate of drug-likeness (QED) is 0.623. The summed E-state index contributed by atoms with van der Waals surface area (Å²) >= 11 is 0. The van der Waals surface area contributed by atoms with Gasteiger partial charge < -0.3 is 4.74 Å². The maximum Gasteiger partial charge on any atom is 0.411 e. The van der Waals surface area contributed by atoms with Gasteiger partial charge in [0, 0.05) is 0 Å². The summed E-state index contributed by atoms with van der Waals surface area (Å²) in [5.41, 5.74) is 0. The zero-order valence-electron chi connectivity index (χ0n) is 7.64. The van der Waals surface area contributed by atoms with Gasteiger partial charge in [-0.25, -0.2) is 4.79 Å². The highest BCUT2D eigenvalue weighted by Gasteiger charge is 1.96. The molecule has 3 heteroatoms. The molecule has 0 aromatic carbocycles. The number of hydrogen-bond donors (Lipinski definition) is 1. The van der Waals surface area contributed by atoms with E-state index in [-0.39, 0.29) is 0 Å². The lowest BCUT2D eigenvalue weighted by molar-refractivity contribution is 0.148. The molecule has 0 atom stereocenters. The van der Waals surface area contributed by atoms with Crippen molar-refractivity contribution in [3.05, 3.63) is 12.8 Å². The molecule has 1 N–H and O–H groups in total. The van der Waals surface area contributed by atoms with Crippen molar-refractivity contribution in [3.8, 4) is 0 Å². The molecule has 0 heterocycles. The second kappa shape index (κ2) is 8.11. The SMILES string of the molecule is C=CNC(=O)OCCCCCC. The number of nitrogens with one attached hydrogen (secondary N) is 1. The average Bonchev–Trinajstić information content (AvgIpc) is 2.05. The predicted octanol–water partition coefficient (Wildman–Crippen LogP) is 2.44. The Bertz CT molecular complexity index is 134. The van der Waals surface area contributed by atoms with Crippen molar-refractivity contribution in [2.75, 3.05) is 6.61 Å². The van der Waals surface area contributed by atoms with E-state index < -0.39 is 6.09 Å². The van der Waals surface area contributed by atoms with Crippen LogP contribution in [0.4, 0.5) is 4.79 Å². The first-order valence-electron chi connectivity index (χ1n) is 4.35. The molecule has 0 saturated carbocycles. The highest BCUT2D eigenvalue weighted by molar-refractivity contribution is 5.68. The van der Waals surface area contributed by atoms with Gasteiger partial charge >= 0.3 is 6.09 Å². The molecule has 1 amide bonds. The Morgan fingerprint density at radius 2 is 2.25 bits per heavy atom. The second-order valence-electron chi connectivity index (χ2n) is 2.55. The molecule has 0 aromatic rings. The summed E-state index contributed by atoms with van der Waals surface area (Å²) < 4.78 is 4.81. The van der Waals surface area contributed by atoms with Gasteiger partial charge in [-0.15, -0.1) is 0 Å². The molecule has 0 aliphatic heterocycles. The van der Waals surface area contributed by atoms with E-state index in [0.717, 1.165) is 12.8 Å². The number of hydrogen-bond acceptors (Lipinski definition) is 2. The summed E-state index contributed by atoms with van der Waals surface area (Å²) in [6.07, 6.45) is 5.36. The Morgan fingerprint density at radius 3 is 2.83 bits per heavy atom. The van der Waals surface area contributed by atoms with E-state index >= 15 is 0 Å². The van der Waals surface area contributed by atoms with E-state index in [1.165, 1.54) is 19.0 Å². The third-order valence-electron chi connectivity index (χ3n) is 1.45. The summed E-state index contributed by atoms with van der Waals surface area (Å²) in [6, 6.07) is 0. The molecular formula is C9H17NO2. The van der Waals surface area contributed by atoms with Crippen molar-refractivity contribution in [1.29, 1.82) is 0 Å². The molecule has 0 fully saturated rings. The predicted molar refractivity (Wildman–Crippen MR) is 48.8 cm³/mol. The number of amides is 1. The molecule has 0 aliphatic carbocycles. The Kier molecular flexibility index (Phi) is 7.44. The Morgan fingerprint density at radius 1 is 1.50 bits per heavy atom. The first kappa shape index (κ1) is 11.0. The van der Waals surface area contributed by atoms with E-state index in [1.807, 2.05) is 0 Å². The third-order valence-corrected chi connectivity index (χ3v) is 1.45. The molecule has 0 unspecified atom stereocenters. The molecule has 0 radical (unpaired) electrons. The lowest BCUT2D eigenvalue weighted by atomic mass is 10.2. The zero-order valence-corrected chi connectivity index (χ0v) is 7.64. The number of ether oxygens (including phenoxy) is 1. The monoisotopic (exact) mass is 171 g/mol. The van der Waals surface area contributed by atoms with Gasteiger partial charge in [-0.05, 0) is 12.6 Å². The zero-order chi connectivity index (χ0) is 9.23. The number of unbranched alkanes of at least 4 members (excludes halogenated alkanes) is 3. The molecule has 12 heavy (non-hydrogen) atoms. The minimum Gasteiger partial charge on any atom is -0.449 e. The highest BCUT2D eigenvalue weighted by atomic mass is 16.5. The normalized spacial score (nSPS) is 9.08. The molecule has 0 aliphatic rings. The van der Waals surface area contributed by atoms with Crippen LogP contribution in [-0.4, -0.2) is 12.7 Å². The summed E-state index contributed by atoms with van der Waals surface area (Å²) in [7, 11) is 0. The van der Waals surface area contributed by atoms with Gasteiger partial charge in [0.1, 0.15) is 0 Å². The molecular weight excluding hydrogens is 154 g/mol. The van der Waals surface area contributed by atoms with Crippen LogP contribution >= 0.6 is 0 Å². The van der Waals surface area contributed by atoms with Crippen molar-refractivity contribution in [2.45, 2.75) is 32.6 Å². The van der Waals surface area contributed by atoms with E-state index in [4.69, 9.17) is 4.74 Å². The molecule has 0 bridgehead atoms. The minimum absolute atomic E-state index is 0.415. The van der Waals surface area contributed by atoms with E-state index in [2.05, 4.69) is 18.8 Å². The van der Waals surface area contributed by atoms with Crippen LogP contribution in [0.15, 0.2) is 12.8 Å². The van der Waals surface area contributed by atoms with Crippen molar-refractivity contribution in [2.24, 2.45) is 0 Å². The third kappa shape index (κ3) is 7.12. The van der Waals surface area contributed by atoms with Gasteiger partial charge in [0.05, 0.1) is 6.61 Å². The lowest BCUT2D eigenvalue weighted by Crippen LogP contribution is -2.18. The highest BCUT2D eigenvalue weighted by Crippen LogP contribution is 1.98. The summed E-state index contributed by atoms with van der Waals surface area (Å²) in [6.45, 7) is 5.99. The van der Waals surface area contributed by atoms with Gasteiger partial charge in [0.15, 0.2) is 0 Å². The number of rotatable bonds is 6. The van der Waals surface area contributed by atoms with Crippen LogP contribution in [0.2, 0.25) is 0 Å². The smallest absolute Gasteiger partial charge is 0.411 e. The average molecular weight is 171 g/mol. The van der Waals surface area contributed by atoms with Crippen molar-refractivity contribution in [1.82, 2.24) is 5.32 Å². The van der Waals surface area contributed by atoms with Gasteiger partial charge in [-0.2, -0.15) is 0 Å². The van der Waals surface area contributed by atoms with Gasteiger partial charge in [0.2, 0.25) is 0 Å². The molecule has 0 aromatic heterocycles. The number of carbonyl (C=O) groups excluding carboxylic acids is 1. The number of carbonyl (C=O) groups is 1. The molecule has 3 nitrogen and oxygen atoms in total. The van der Waals surface area contributed by atoms with E-state index in [9.17, 15) is 4.79 Å². The Balaban J connectivity index is 3.08. The van der Waals surface area contributed by atoms with E-state index in [0.29, 0.717) is 6.61 Å². The van der Waals surface area contributed by atoms with Crippen LogP contribution in [0.1, 0.15) is 32.6 Å². The van der Waals surface area contributed by atoms with E-state index in [1.54, 1.807) is 0 Å². The van der Waals surface area contributed by atoms with Crippen LogP contribution in [-0.2, 0) is 4.74 Å². The van der Waals surface area contributed by atoms with Gasteiger partial charge in [-0.1, -0.05) is 32.8 Å². The largest absolute Gasteiger partial charge is 0.449 e.